The first-order chi connectivity index (χ1) is 5.04. The smallest absolute Gasteiger partial charge is 0.282 e. The molecule has 3 nitrogen and oxygen atoms in total. The summed E-state index contributed by atoms with van der Waals surface area (Å²) >= 11 is 1.80. The topological polar surface area (TPSA) is 23.6 Å². The van der Waals surface area contributed by atoms with Crippen molar-refractivity contribution in [3.05, 3.63) is 0 Å². The summed E-state index contributed by atoms with van der Waals surface area (Å²) < 4.78 is 0.112. The van der Waals surface area contributed by atoms with Crippen LogP contribution in [0.3, 0.4) is 0 Å². The number of hydrogen-bond acceptors (Lipinski definition) is 2. The first-order valence-corrected chi connectivity index (χ1v) is 4.67. The highest BCUT2D eigenvalue weighted by Crippen LogP contribution is 1.97. The molecule has 0 aromatic heterocycles. The van der Waals surface area contributed by atoms with Crippen LogP contribution in [0.4, 0.5) is 4.79 Å². The third kappa shape index (κ3) is 6.55. The Kier molecular flexibility index (Phi) is 5.85. The molecule has 0 aromatic rings. The van der Waals surface area contributed by atoms with Gasteiger partial charge in [-0.3, -0.25) is 4.79 Å². The van der Waals surface area contributed by atoms with Crippen molar-refractivity contribution >= 4 is 26.5 Å². The van der Waals surface area contributed by atoms with Crippen molar-refractivity contribution in [2.24, 2.45) is 0 Å². The van der Waals surface area contributed by atoms with Gasteiger partial charge >= 0.3 is 0 Å². The second kappa shape index (κ2) is 5.77. The van der Waals surface area contributed by atoms with Gasteiger partial charge in [-0.25, -0.2) is 0 Å². The van der Waals surface area contributed by atoms with Crippen molar-refractivity contribution in [2.75, 3.05) is 34.2 Å². The van der Waals surface area contributed by atoms with Crippen LogP contribution in [-0.4, -0.2) is 47.9 Å². The summed E-state index contributed by atoms with van der Waals surface area (Å²) in [6, 6.07) is 0. The number of amides is 1. The number of halogens is 1. The van der Waals surface area contributed by atoms with Crippen molar-refractivity contribution < 1.29 is 4.79 Å². The van der Waals surface area contributed by atoms with Gasteiger partial charge in [-0.05, 0) is 27.1 Å². The molecule has 0 N–H and O–H groups in total. The molecule has 0 heterocycles. The maximum Gasteiger partial charge on any atom is 0.282 e. The highest BCUT2D eigenvalue weighted by Gasteiger charge is 2.02. The summed E-state index contributed by atoms with van der Waals surface area (Å²) in [7, 11) is 5.89. The third-order valence-corrected chi connectivity index (χ3v) is 2.22. The molecule has 0 unspecified atom stereocenters. The predicted molar refractivity (Wildman–Crippen MR) is 55.2 cm³/mol. The van der Waals surface area contributed by atoms with Gasteiger partial charge in [0.05, 0.1) is 0 Å². The molecule has 0 aliphatic carbocycles. The zero-order chi connectivity index (χ0) is 8.85. The Hall–Kier alpha value is 0.160. The maximum atomic E-state index is 10.7. The molecular weight excluding hydrogens is 255 g/mol. The molecule has 0 bridgehead atoms. The normalized spacial score (nSPS) is 10.3. The van der Waals surface area contributed by atoms with Crippen LogP contribution in [0.1, 0.15) is 6.42 Å². The van der Waals surface area contributed by atoms with E-state index in [0.717, 1.165) is 19.5 Å². The van der Waals surface area contributed by atoms with Gasteiger partial charge in [0.1, 0.15) is 0 Å². The van der Waals surface area contributed by atoms with E-state index in [1.807, 2.05) is 21.1 Å². The molecule has 0 aliphatic rings. The molecule has 0 fully saturated rings. The fourth-order valence-corrected chi connectivity index (χ4v) is 0.953. The van der Waals surface area contributed by atoms with E-state index in [4.69, 9.17) is 0 Å². The Balaban J connectivity index is 3.31. The zero-order valence-electron chi connectivity index (χ0n) is 7.30. The second-order valence-electron chi connectivity index (χ2n) is 2.83. The molecule has 0 saturated heterocycles. The quantitative estimate of drug-likeness (QED) is 0.438. The van der Waals surface area contributed by atoms with Crippen LogP contribution in [-0.2, 0) is 0 Å². The van der Waals surface area contributed by atoms with Crippen LogP contribution < -0.4 is 0 Å². The number of rotatable bonds is 4. The minimum atomic E-state index is 0.112. The highest BCUT2D eigenvalue weighted by atomic mass is 127. The molecule has 0 radical (unpaired) electrons. The lowest BCUT2D eigenvalue weighted by molar-refractivity contribution is 0.233. The lowest BCUT2D eigenvalue weighted by Gasteiger charge is -2.15. The Labute approximate surface area is 81.9 Å². The minimum Gasteiger partial charge on any atom is -0.337 e. The molecular formula is C7H15IN2O. The fourth-order valence-electron chi connectivity index (χ4n) is 0.712. The largest absolute Gasteiger partial charge is 0.337 e. The Morgan fingerprint density at radius 3 is 2.18 bits per heavy atom. The van der Waals surface area contributed by atoms with Crippen LogP contribution >= 0.6 is 22.6 Å². The van der Waals surface area contributed by atoms with Crippen molar-refractivity contribution in [1.29, 1.82) is 0 Å². The maximum absolute atomic E-state index is 10.7. The first-order valence-electron chi connectivity index (χ1n) is 3.59. The standard InChI is InChI=1S/C7H15IN2O/c1-9(2)5-4-6-10(3)7(8)11/h4-6H2,1-3H3. The van der Waals surface area contributed by atoms with Gasteiger partial charge in [0, 0.05) is 36.2 Å². The molecule has 1 amide bonds. The van der Waals surface area contributed by atoms with Gasteiger partial charge in [-0.15, -0.1) is 0 Å². The number of nitrogens with zero attached hydrogens (tertiary/aromatic N) is 2. The molecule has 4 heteroatoms. The summed E-state index contributed by atoms with van der Waals surface area (Å²) in [5.74, 6) is 0. The first kappa shape index (κ1) is 11.2. The van der Waals surface area contributed by atoms with Crippen LogP contribution in [0.15, 0.2) is 0 Å². The Morgan fingerprint density at radius 1 is 1.27 bits per heavy atom. The van der Waals surface area contributed by atoms with Crippen molar-refractivity contribution in [1.82, 2.24) is 9.80 Å². The van der Waals surface area contributed by atoms with Crippen LogP contribution in [0.5, 0.6) is 0 Å². The van der Waals surface area contributed by atoms with Gasteiger partial charge in [0.25, 0.3) is 3.91 Å². The summed E-state index contributed by atoms with van der Waals surface area (Å²) in [6.07, 6.45) is 1.04. The van der Waals surface area contributed by atoms with E-state index in [1.54, 1.807) is 27.5 Å². The average Bonchev–Trinajstić information content (AvgIpc) is 1.86. The van der Waals surface area contributed by atoms with Gasteiger partial charge in [0.15, 0.2) is 0 Å². The van der Waals surface area contributed by atoms with E-state index in [2.05, 4.69) is 4.90 Å². The fraction of sp³-hybridized carbons (Fsp3) is 0.857. The summed E-state index contributed by atoms with van der Waals surface area (Å²) in [5.41, 5.74) is 0. The Bertz CT molecular complexity index is 128. The minimum absolute atomic E-state index is 0.112. The van der Waals surface area contributed by atoms with E-state index in [0.29, 0.717) is 0 Å². The van der Waals surface area contributed by atoms with Crippen LogP contribution in [0.2, 0.25) is 0 Å². The summed E-state index contributed by atoms with van der Waals surface area (Å²) in [5, 5.41) is 0. The summed E-state index contributed by atoms with van der Waals surface area (Å²) in [4.78, 5) is 14.6. The van der Waals surface area contributed by atoms with Gasteiger partial charge < -0.3 is 9.80 Å². The lowest BCUT2D eigenvalue weighted by atomic mass is 10.4. The Morgan fingerprint density at radius 2 is 1.82 bits per heavy atom. The van der Waals surface area contributed by atoms with E-state index in [1.165, 1.54) is 0 Å². The van der Waals surface area contributed by atoms with E-state index in [9.17, 15) is 4.79 Å². The van der Waals surface area contributed by atoms with E-state index < -0.39 is 0 Å². The average molecular weight is 270 g/mol. The van der Waals surface area contributed by atoms with Gasteiger partial charge in [0.2, 0.25) is 0 Å². The van der Waals surface area contributed by atoms with Crippen LogP contribution in [0.25, 0.3) is 0 Å². The van der Waals surface area contributed by atoms with Crippen LogP contribution in [0, 0.1) is 0 Å². The summed E-state index contributed by atoms with van der Waals surface area (Å²) in [6.45, 7) is 1.88. The van der Waals surface area contributed by atoms with Crippen molar-refractivity contribution in [3.63, 3.8) is 0 Å². The molecule has 66 valence electrons. The number of hydrogen-bond donors (Lipinski definition) is 0. The number of carbonyl (C=O) groups is 1. The van der Waals surface area contributed by atoms with E-state index in [-0.39, 0.29) is 3.91 Å². The highest BCUT2D eigenvalue weighted by molar-refractivity contribution is 14.1. The monoisotopic (exact) mass is 270 g/mol. The molecule has 0 atom stereocenters. The molecule has 0 aromatic carbocycles. The van der Waals surface area contributed by atoms with Gasteiger partial charge in [-0.1, -0.05) is 0 Å². The number of carbonyl (C=O) groups excluding carboxylic acids is 1. The molecule has 0 rings (SSSR count). The van der Waals surface area contributed by atoms with Crippen molar-refractivity contribution in [2.45, 2.75) is 6.42 Å². The molecule has 0 aliphatic heterocycles. The molecule has 0 saturated carbocycles. The van der Waals surface area contributed by atoms with Crippen molar-refractivity contribution in [3.8, 4) is 0 Å². The lowest BCUT2D eigenvalue weighted by Crippen LogP contribution is -2.25. The SMILES string of the molecule is CN(C)CCCN(C)C(=O)I. The molecule has 11 heavy (non-hydrogen) atoms. The third-order valence-electron chi connectivity index (χ3n) is 1.40. The molecule has 0 spiro atoms. The van der Waals surface area contributed by atoms with E-state index >= 15 is 0 Å². The zero-order valence-corrected chi connectivity index (χ0v) is 9.46. The second-order valence-corrected chi connectivity index (χ2v) is 3.75. The predicted octanol–water partition coefficient (Wildman–Crippen LogP) is 1.42. The van der Waals surface area contributed by atoms with Gasteiger partial charge in [-0.2, -0.15) is 0 Å².